The number of nitrogens with two attached hydrogens (primary N) is 1. The summed E-state index contributed by atoms with van der Waals surface area (Å²) in [6.45, 7) is 0.368. The molecule has 1 aliphatic heterocycles. The van der Waals surface area contributed by atoms with Crippen LogP contribution in [0, 0.1) is 0 Å². The molecular formula is C26H29ClN6O5. The fourth-order valence-corrected chi connectivity index (χ4v) is 4.56. The standard InChI is InChI=1S/C26H29ClN6O5/c27-9-4-10-37-18-11-15(7-8-17(18)16-5-2-1-3-6-16)12-29-26-32-20-23(28)30-14-31-24(20)33(26)25-22(36)21(35)19(13-34)38-25/h1-3,5-8,11,14,19,21-22,25,34-36H,4,9-10,12-13H2,(H,29,32)(H2,28,30,31)/t19-,21-,22-,25-/m1/s1. The van der Waals surface area contributed by atoms with Gasteiger partial charge < -0.3 is 35.8 Å². The van der Waals surface area contributed by atoms with Gasteiger partial charge in [0.05, 0.1) is 13.2 Å². The highest BCUT2D eigenvalue weighted by Gasteiger charge is 2.45. The quantitative estimate of drug-likeness (QED) is 0.149. The molecule has 0 aliphatic carbocycles. The maximum Gasteiger partial charge on any atom is 0.207 e. The van der Waals surface area contributed by atoms with Gasteiger partial charge in [-0.05, 0) is 23.6 Å². The van der Waals surface area contributed by atoms with E-state index >= 15 is 0 Å². The molecule has 1 aliphatic rings. The van der Waals surface area contributed by atoms with Crippen molar-refractivity contribution in [2.45, 2.75) is 37.5 Å². The minimum absolute atomic E-state index is 0.158. The number of nitrogens with zero attached hydrogens (tertiary/aromatic N) is 4. The van der Waals surface area contributed by atoms with Gasteiger partial charge in [-0.3, -0.25) is 4.57 Å². The van der Waals surface area contributed by atoms with Gasteiger partial charge in [0.15, 0.2) is 23.2 Å². The molecule has 4 atom stereocenters. The number of nitrogen functional groups attached to an aromatic ring is 1. The van der Waals surface area contributed by atoms with Crippen LogP contribution in [0.1, 0.15) is 18.2 Å². The molecule has 5 rings (SSSR count). The van der Waals surface area contributed by atoms with Crippen molar-refractivity contribution >= 4 is 34.5 Å². The SMILES string of the molecule is Nc1ncnc2c1nc(NCc1ccc(-c3ccccc3)c(OCCCCl)c1)n2[C@@H]1O[C@H](CO)[C@@H](O)[C@H]1O. The van der Waals surface area contributed by atoms with Crippen LogP contribution in [0.5, 0.6) is 5.75 Å². The van der Waals surface area contributed by atoms with Crippen LogP contribution in [0.25, 0.3) is 22.3 Å². The minimum atomic E-state index is -1.33. The largest absolute Gasteiger partial charge is 0.493 e. The molecule has 3 heterocycles. The molecule has 1 saturated heterocycles. The van der Waals surface area contributed by atoms with E-state index in [0.29, 0.717) is 36.1 Å². The number of anilines is 2. The first-order valence-electron chi connectivity index (χ1n) is 12.2. The first-order chi connectivity index (χ1) is 18.5. The predicted octanol–water partition coefficient (Wildman–Crippen LogP) is 2.31. The summed E-state index contributed by atoms with van der Waals surface area (Å²) in [6, 6.07) is 15.9. The Morgan fingerprint density at radius 3 is 2.66 bits per heavy atom. The van der Waals surface area contributed by atoms with Crippen molar-refractivity contribution in [3.05, 3.63) is 60.4 Å². The highest BCUT2D eigenvalue weighted by Crippen LogP contribution is 2.36. The molecule has 1 fully saturated rings. The number of rotatable bonds is 10. The lowest BCUT2D eigenvalue weighted by molar-refractivity contribution is -0.0501. The number of benzene rings is 2. The molecular weight excluding hydrogens is 512 g/mol. The number of aromatic nitrogens is 4. The number of aliphatic hydroxyl groups excluding tert-OH is 3. The molecule has 0 amide bonds. The second-order valence-corrected chi connectivity index (χ2v) is 9.28. The van der Waals surface area contributed by atoms with Crippen LogP contribution in [0.3, 0.4) is 0 Å². The van der Waals surface area contributed by atoms with Gasteiger partial charge in [0.2, 0.25) is 5.95 Å². The molecule has 0 spiro atoms. The lowest BCUT2D eigenvalue weighted by Crippen LogP contribution is -2.33. The van der Waals surface area contributed by atoms with E-state index in [4.69, 9.17) is 26.8 Å². The second-order valence-electron chi connectivity index (χ2n) is 8.91. The Morgan fingerprint density at radius 1 is 1.11 bits per heavy atom. The van der Waals surface area contributed by atoms with Crippen LogP contribution in [-0.2, 0) is 11.3 Å². The van der Waals surface area contributed by atoms with Gasteiger partial charge in [0, 0.05) is 18.0 Å². The van der Waals surface area contributed by atoms with Crippen LogP contribution in [-0.4, -0.2) is 72.2 Å². The number of imidazole rings is 1. The van der Waals surface area contributed by atoms with Crippen LogP contribution in [0.15, 0.2) is 54.9 Å². The zero-order valence-corrected chi connectivity index (χ0v) is 21.2. The predicted molar refractivity (Wildman–Crippen MR) is 143 cm³/mol. The number of hydrogen-bond donors (Lipinski definition) is 5. The Bertz CT molecular complexity index is 1390. The van der Waals surface area contributed by atoms with Gasteiger partial charge >= 0.3 is 0 Å². The molecule has 38 heavy (non-hydrogen) atoms. The summed E-state index contributed by atoms with van der Waals surface area (Å²) >= 11 is 5.85. The molecule has 200 valence electrons. The summed E-state index contributed by atoms with van der Waals surface area (Å²) in [4.78, 5) is 12.8. The molecule has 6 N–H and O–H groups in total. The van der Waals surface area contributed by atoms with E-state index in [-0.39, 0.29) is 5.82 Å². The average molecular weight is 541 g/mol. The van der Waals surface area contributed by atoms with Gasteiger partial charge in [-0.15, -0.1) is 11.6 Å². The van der Waals surface area contributed by atoms with Gasteiger partial charge in [-0.25, -0.2) is 15.0 Å². The Labute approximate surface area is 223 Å². The highest BCUT2D eigenvalue weighted by molar-refractivity contribution is 6.17. The Kier molecular flexibility index (Phi) is 7.91. The van der Waals surface area contributed by atoms with Gasteiger partial charge in [0.25, 0.3) is 0 Å². The Balaban J connectivity index is 1.46. The maximum atomic E-state index is 10.7. The minimum Gasteiger partial charge on any atom is -0.493 e. The van der Waals surface area contributed by atoms with E-state index in [2.05, 4.69) is 20.3 Å². The molecule has 0 radical (unpaired) electrons. The van der Waals surface area contributed by atoms with E-state index in [1.165, 1.54) is 10.9 Å². The highest BCUT2D eigenvalue weighted by atomic mass is 35.5. The smallest absolute Gasteiger partial charge is 0.207 e. The average Bonchev–Trinajstić information content (AvgIpc) is 3.45. The fourth-order valence-electron chi connectivity index (χ4n) is 4.46. The summed E-state index contributed by atoms with van der Waals surface area (Å²) in [5.41, 5.74) is 9.58. The maximum absolute atomic E-state index is 10.7. The van der Waals surface area contributed by atoms with Crippen LogP contribution < -0.4 is 15.8 Å². The van der Waals surface area contributed by atoms with Crippen LogP contribution >= 0.6 is 11.6 Å². The molecule has 12 heteroatoms. The van der Waals surface area contributed by atoms with E-state index in [1.54, 1.807) is 0 Å². The normalized spacial score (nSPS) is 21.2. The molecule has 2 aromatic heterocycles. The molecule has 0 unspecified atom stereocenters. The Morgan fingerprint density at radius 2 is 1.92 bits per heavy atom. The summed E-state index contributed by atoms with van der Waals surface area (Å²) in [5, 5.41) is 33.8. The van der Waals surface area contributed by atoms with Crippen molar-refractivity contribution in [2.75, 3.05) is 30.1 Å². The fraction of sp³-hybridized carbons (Fsp3) is 0.346. The van der Waals surface area contributed by atoms with Gasteiger partial charge in [0.1, 0.15) is 30.4 Å². The number of halogens is 1. The third-order valence-corrected chi connectivity index (χ3v) is 6.66. The number of ether oxygens (including phenoxy) is 2. The lowest BCUT2D eigenvalue weighted by Gasteiger charge is -2.20. The summed E-state index contributed by atoms with van der Waals surface area (Å²) in [7, 11) is 0. The van der Waals surface area contributed by atoms with Crippen molar-refractivity contribution in [1.29, 1.82) is 0 Å². The van der Waals surface area contributed by atoms with Gasteiger partial charge in [-0.1, -0.05) is 42.5 Å². The number of hydrogen-bond acceptors (Lipinski definition) is 10. The molecule has 11 nitrogen and oxygen atoms in total. The van der Waals surface area contributed by atoms with E-state index in [9.17, 15) is 15.3 Å². The topological polar surface area (TPSA) is 161 Å². The number of fused-ring (bicyclic) bond motifs is 1. The number of nitrogens with one attached hydrogen (secondary N) is 1. The third kappa shape index (κ3) is 5.11. The Hall–Kier alpha value is -3.48. The molecule has 4 aromatic rings. The summed E-state index contributed by atoms with van der Waals surface area (Å²) in [6.07, 6.45) is -2.62. The molecule has 2 aromatic carbocycles. The summed E-state index contributed by atoms with van der Waals surface area (Å²) in [5.74, 6) is 1.70. The number of aliphatic hydroxyl groups is 3. The second kappa shape index (κ2) is 11.5. The molecule has 0 saturated carbocycles. The van der Waals surface area contributed by atoms with E-state index in [1.807, 2.05) is 48.5 Å². The van der Waals surface area contributed by atoms with Crippen LogP contribution in [0.4, 0.5) is 11.8 Å². The lowest BCUT2D eigenvalue weighted by atomic mass is 10.0. The first kappa shape index (κ1) is 26.1. The van der Waals surface area contributed by atoms with Crippen molar-refractivity contribution in [3.63, 3.8) is 0 Å². The first-order valence-corrected chi connectivity index (χ1v) is 12.8. The van der Waals surface area contributed by atoms with E-state index in [0.717, 1.165) is 28.9 Å². The van der Waals surface area contributed by atoms with Crippen molar-refractivity contribution in [2.24, 2.45) is 0 Å². The van der Waals surface area contributed by atoms with E-state index < -0.39 is 31.1 Å². The van der Waals surface area contributed by atoms with Crippen molar-refractivity contribution < 1.29 is 24.8 Å². The van der Waals surface area contributed by atoms with Crippen molar-refractivity contribution in [1.82, 2.24) is 19.5 Å². The zero-order chi connectivity index (χ0) is 26.6. The van der Waals surface area contributed by atoms with Gasteiger partial charge in [-0.2, -0.15) is 0 Å². The monoisotopic (exact) mass is 540 g/mol. The number of alkyl halides is 1. The zero-order valence-electron chi connectivity index (χ0n) is 20.4. The van der Waals surface area contributed by atoms with Crippen molar-refractivity contribution in [3.8, 4) is 16.9 Å². The molecule has 0 bridgehead atoms. The third-order valence-electron chi connectivity index (χ3n) is 6.39. The summed E-state index contributed by atoms with van der Waals surface area (Å²) < 4.78 is 13.4. The van der Waals surface area contributed by atoms with Crippen LogP contribution in [0.2, 0.25) is 0 Å².